The maximum Gasteiger partial charge on any atom is 0.387 e. The van der Waals surface area contributed by atoms with Crippen LogP contribution in [0.4, 0.5) is 13.9 Å². The Kier molecular flexibility index (Phi) is 5.74. The van der Waals surface area contributed by atoms with Crippen molar-refractivity contribution in [2.75, 3.05) is 5.32 Å². The third-order valence-corrected chi connectivity index (χ3v) is 4.50. The number of rotatable bonds is 6. The fourth-order valence-electron chi connectivity index (χ4n) is 2.36. The number of para-hydroxylation sites is 1. The van der Waals surface area contributed by atoms with Gasteiger partial charge in [-0.25, -0.2) is 4.98 Å². The summed E-state index contributed by atoms with van der Waals surface area (Å²) in [6, 6.07) is 15.0. The lowest BCUT2D eigenvalue weighted by atomic mass is 10.1. The van der Waals surface area contributed by atoms with E-state index in [4.69, 9.17) is 5.26 Å². The Morgan fingerprint density at radius 2 is 1.96 bits per heavy atom. The summed E-state index contributed by atoms with van der Waals surface area (Å²) in [7, 11) is 0. The molecule has 0 spiro atoms. The molecule has 2 aromatic carbocycles. The van der Waals surface area contributed by atoms with Crippen LogP contribution in [0.3, 0.4) is 0 Å². The van der Waals surface area contributed by atoms with Crippen LogP contribution in [0.5, 0.6) is 5.75 Å². The molecular formula is C19H13F2N3O2S. The zero-order valence-electron chi connectivity index (χ0n) is 13.9. The fourth-order valence-corrected chi connectivity index (χ4v) is 3.20. The number of amides is 1. The largest absolute Gasteiger partial charge is 0.434 e. The predicted octanol–water partition coefficient (Wildman–Crippen LogP) is 4.46. The summed E-state index contributed by atoms with van der Waals surface area (Å²) in [4.78, 5) is 17.4. The zero-order valence-corrected chi connectivity index (χ0v) is 14.7. The van der Waals surface area contributed by atoms with Gasteiger partial charge in [-0.2, -0.15) is 14.0 Å². The van der Waals surface area contributed by atoms with Crippen LogP contribution in [0.25, 0.3) is 0 Å². The first-order valence-corrected chi connectivity index (χ1v) is 8.66. The zero-order chi connectivity index (χ0) is 19.2. The van der Waals surface area contributed by atoms with Crippen molar-refractivity contribution in [3.05, 3.63) is 76.3 Å². The minimum absolute atomic E-state index is 0.00152. The SMILES string of the molecule is N#Cc1ccc(Cc2cnc(NC(=O)c3ccccc3OC(F)F)s2)cc1. The molecular weight excluding hydrogens is 372 g/mol. The fraction of sp³-hybridized carbons (Fsp3) is 0.105. The van der Waals surface area contributed by atoms with Crippen LogP contribution in [0, 0.1) is 11.3 Å². The van der Waals surface area contributed by atoms with Gasteiger partial charge in [-0.15, -0.1) is 11.3 Å². The van der Waals surface area contributed by atoms with Gasteiger partial charge in [0.15, 0.2) is 5.13 Å². The van der Waals surface area contributed by atoms with Crippen molar-refractivity contribution in [1.82, 2.24) is 4.98 Å². The van der Waals surface area contributed by atoms with Crippen molar-refractivity contribution in [3.63, 3.8) is 0 Å². The average molecular weight is 385 g/mol. The number of carbonyl (C=O) groups excluding carboxylic acids is 1. The predicted molar refractivity (Wildman–Crippen MR) is 97.1 cm³/mol. The van der Waals surface area contributed by atoms with Gasteiger partial charge in [0.2, 0.25) is 0 Å². The van der Waals surface area contributed by atoms with E-state index in [1.54, 1.807) is 24.4 Å². The van der Waals surface area contributed by atoms with E-state index in [-0.39, 0.29) is 11.3 Å². The first-order chi connectivity index (χ1) is 13.0. The number of carbonyl (C=O) groups is 1. The van der Waals surface area contributed by atoms with E-state index in [0.717, 1.165) is 10.4 Å². The average Bonchev–Trinajstić information content (AvgIpc) is 3.09. The molecule has 0 fully saturated rings. The van der Waals surface area contributed by atoms with Crippen LogP contribution in [0.2, 0.25) is 0 Å². The van der Waals surface area contributed by atoms with Gasteiger partial charge in [-0.1, -0.05) is 24.3 Å². The quantitative estimate of drug-likeness (QED) is 0.680. The molecule has 0 saturated heterocycles. The van der Waals surface area contributed by atoms with Gasteiger partial charge >= 0.3 is 6.61 Å². The van der Waals surface area contributed by atoms with Crippen molar-refractivity contribution in [1.29, 1.82) is 5.26 Å². The van der Waals surface area contributed by atoms with E-state index in [1.807, 2.05) is 12.1 Å². The Hall–Kier alpha value is -3.31. The number of anilines is 1. The highest BCUT2D eigenvalue weighted by Gasteiger charge is 2.16. The normalized spacial score (nSPS) is 10.4. The van der Waals surface area contributed by atoms with Gasteiger partial charge in [0, 0.05) is 17.5 Å². The van der Waals surface area contributed by atoms with E-state index < -0.39 is 12.5 Å². The lowest BCUT2D eigenvalue weighted by Gasteiger charge is -2.09. The lowest BCUT2D eigenvalue weighted by molar-refractivity contribution is -0.0501. The van der Waals surface area contributed by atoms with E-state index in [9.17, 15) is 13.6 Å². The van der Waals surface area contributed by atoms with E-state index >= 15 is 0 Å². The number of thiazole rings is 1. The first-order valence-electron chi connectivity index (χ1n) is 7.84. The molecule has 3 rings (SSSR count). The molecule has 0 aliphatic heterocycles. The van der Waals surface area contributed by atoms with E-state index in [2.05, 4.69) is 21.1 Å². The molecule has 1 aromatic heterocycles. The highest BCUT2D eigenvalue weighted by Crippen LogP contribution is 2.25. The molecule has 8 heteroatoms. The number of nitriles is 1. The Bertz CT molecular complexity index is 981. The monoisotopic (exact) mass is 385 g/mol. The maximum atomic E-state index is 12.5. The Labute approximate surface area is 157 Å². The van der Waals surface area contributed by atoms with Crippen LogP contribution in [-0.2, 0) is 6.42 Å². The molecule has 1 heterocycles. The number of nitrogens with one attached hydrogen (secondary N) is 1. The van der Waals surface area contributed by atoms with Crippen LogP contribution < -0.4 is 10.1 Å². The third kappa shape index (κ3) is 4.86. The molecule has 0 unspecified atom stereocenters. The number of hydrogen-bond acceptors (Lipinski definition) is 5. The molecule has 136 valence electrons. The summed E-state index contributed by atoms with van der Waals surface area (Å²) in [6.07, 6.45) is 2.24. The van der Waals surface area contributed by atoms with Gasteiger partial charge < -0.3 is 4.74 Å². The second-order valence-electron chi connectivity index (χ2n) is 5.45. The Morgan fingerprint density at radius 3 is 2.67 bits per heavy atom. The molecule has 0 saturated carbocycles. The van der Waals surface area contributed by atoms with Gasteiger partial charge in [0.25, 0.3) is 5.91 Å². The van der Waals surface area contributed by atoms with Crippen molar-refractivity contribution in [2.45, 2.75) is 13.0 Å². The first kappa shape index (κ1) is 18.5. The Morgan fingerprint density at radius 1 is 1.22 bits per heavy atom. The topological polar surface area (TPSA) is 75.0 Å². The van der Waals surface area contributed by atoms with Crippen LogP contribution in [0.1, 0.15) is 26.4 Å². The van der Waals surface area contributed by atoms with Gasteiger partial charge in [0.1, 0.15) is 5.75 Å². The lowest BCUT2D eigenvalue weighted by Crippen LogP contribution is -2.14. The summed E-state index contributed by atoms with van der Waals surface area (Å²) < 4.78 is 29.3. The summed E-state index contributed by atoms with van der Waals surface area (Å²) in [5, 5.41) is 11.8. The van der Waals surface area contributed by atoms with Crippen LogP contribution >= 0.6 is 11.3 Å². The molecule has 5 nitrogen and oxygen atoms in total. The van der Waals surface area contributed by atoms with Crippen molar-refractivity contribution < 1.29 is 18.3 Å². The Balaban J connectivity index is 1.68. The van der Waals surface area contributed by atoms with Gasteiger partial charge in [-0.3, -0.25) is 10.1 Å². The van der Waals surface area contributed by atoms with Crippen molar-refractivity contribution >= 4 is 22.4 Å². The highest BCUT2D eigenvalue weighted by molar-refractivity contribution is 7.15. The molecule has 0 atom stereocenters. The van der Waals surface area contributed by atoms with Crippen molar-refractivity contribution in [3.8, 4) is 11.8 Å². The van der Waals surface area contributed by atoms with Crippen LogP contribution in [-0.4, -0.2) is 17.5 Å². The minimum Gasteiger partial charge on any atom is -0.434 e. The van der Waals surface area contributed by atoms with Gasteiger partial charge in [0.05, 0.1) is 17.2 Å². The molecule has 0 aliphatic carbocycles. The number of aromatic nitrogens is 1. The smallest absolute Gasteiger partial charge is 0.387 e. The number of ether oxygens (including phenoxy) is 1. The van der Waals surface area contributed by atoms with Crippen LogP contribution in [0.15, 0.2) is 54.7 Å². The summed E-state index contributed by atoms with van der Waals surface area (Å²) >= 11 is 1.28. The molecule has 0 radical (unpaired) electrons. The second-order valence-corrected chi connectivity index (χ2v) is 6.56. The molecule has 0 bridgehead atoms. The summed E-state index contributed by atoms with van der Waals surface area (Å²) in [6.45, 7) is -3.02. The van der Waals surface area contributed by atoms with Crippen molar-refractivity contribution in [2.24, 2.45) is 0 Å². The molecule has 3 aromatic rings. The number of halogens is 2. The van der Waals surface area contributed by atoms with E-state index in [1.165, 1.54) is 29.5 Å². The highest BCUT2D eigenvalue weighted by atomic mass is 32.1. The third-order valence-electron chi connectivity index (χ3n) is 3.58. The number of nitrogens with zero attached hydrogens (tertiary/aromatic N) is 2. The van der Waals surface area contributed by atoms with Gasteiger partial charge in [-0.05, 0) is 29.8 Å². The number of alkyl halides is 2. The number of hydrogen-bond donors (Lipinski definition) is 1. The second kappa shape index (κ2) is 8.38. The van der Waals surface area contributed by atoms with E-state index in [0.29, 0.717) is 17.1 Å². The molecule has 27 heavy (non-hydrogen) atoms. The summed E-state index contributed by atoms with van der Waals surface area (Å²) in [5.74, 6) is -0.773. The molecule has 1 amide bonds. The maximum absolute atomic E-state index is 12.5. The molecule has 1 N–H and O–H groups in total. The summed E-state index contributed by atoms with van der Waals surface area (Å²) in [5.41, 5.74) is 1.59. The minimum atomic E-state index is -3.02. The molecule has 0 aliphatic rings. The number of benzene rings is 2. The standard InChI is InChI=1S/C19H13F2N3O2S/c20-18(21)26-16-4-2-1-3-15(16)17(25)24-19-23-11-14(27-19)9-12-5-7-13(10-22)8-6-12/h1-8,11,18H,9H2,(H,23,24,25).